The molecule has 1 unspecified atom stereocenters. The number of carboxylic acid groups (broad SMARTS) is 1. The molecular weight excluding hydrogens is 1140 g/mol. The van der Waals surface area contributed by atoms with E-state index in [0.717, 1.165) is 40.4 Å². The number of aromatic nitrogens is 2. The number of aliphatic hydroxyl groups is 1. The van der Waals surface area contributed by atoms with Crippen LogP contribution >= 0.6 is 11.8 Å². The number of nitrogens with one attached hydrogen (secondary N) is 4. The summed E-state index contributed by atoms with van der Waals surface area (Å²) >= 11 is 1.01. The molecule has 8 amide bonds. The van der Waals surface area contributed by atoms with Gasteiger partial charge in [0.1, 0.15) is 35.9 Å². The van der Waals surface area contributed by atoms with E-state index in [2.05, 4.69) is 21.3 Å². The molecule has 1 fully saturated rings. The topological polar surface area (TPSA) is 362 Å². The van der Waals surface area contributed by atoms with Crippen LogP contribution in [-0.2, 0) is 56.1 Å². The van der Waals surface area contributed by atoms with Crippen molar-refractivity contribution in [3.63, 3.8) is 0 Å². The van der Waals surface area contributed by atoms with Gasteiger partial charge in [-0.1, -0.05) is 77.1 Å². The predicted octanol–water partition coefficient (Wildman–Crippen LogP) is 3.98. The number of urea groups is 1. The summed E-state index contributed by atoms with van der Waals surface area (Å²) in [6.45, 7) is 8.10. The Hall–Kier alpha value is -7.94. The molecule has 0 spiro atoms. The van der Waals surface area contributed by atoms with E-state index in [1.165, 1.54) is 4.90 Å². The van der Waals surface area contributed by atoms with Crippen molar-refractivity contribution < 1.29 is 66.9 Å². The number of imidazole rings is 1. The lowest BCUT2D eigenvalue weighted by atomic mass is 9.84. The first-order chi connectivity index (χ1) is 40.7. The molecule has 0 saturated carbocycles. The number of Topliss-reactive ketones (excluding diaryl/α,β-unsaturated/α-hetero) is 2. The Kier molecular flexibility index (Phi) is 26.0. The third-order valence-electron chi connectivity index (χ3n) is 14.3. The number of hydrogen-bond donors (Lipinski definition) is 9. The summed E-state index contributed by atoms with van der Waals surface area (Å²) in [6, 6.07) is 13.7. The highest BCUT2D eigenvalue weighted by Crippen LogP contribution is 2.40. The molecule has 0 bridgehead atoms. The standard InChI is InChI=1S/C60H79F2N11O12S/c1-35(2)52(47(76)28-38(13-9-23-67-59(65)85)55(80)68-40-18-15-36(16-19-40)27-41(75)14-10-25-73-50(78)30-48(57(73)82)86-34-45(64)58(83)84)70-49(77)21-24-66-56(81)44(63)22-26-72(51(79)33-74)53(60(3,4)5)54-69-46(42-29-39(61)17-20-43(42)62)32-71(54)31-37-11-7-6-8-12-37/h6-8,11-12,15-20,29,32,35,38,44-45,48,52-53,74H,9-10,13-14,21-28,30-31,33-34,63-64H2,1-5H3,(H,66,81)(H,68,80)(H,70,77)(H,83,84)(H3,65,67,85)/t38-,44+,45+,48?,52+,53+/m1/s1. The first-order valence-corrected chi connectivity index (χ1v) is 29.4. The van der Waals surface area contributed by atoms with Crippen LogP contribution in [0.3, 0.4) is 0 Å². The van der Waals surface area contributed by atoms with E-state index in [4.69, 9.17) is 27.3 Å². The zero-order valence-electron chi connectivity index (χ0n) is 49.0. The summed E-state index contributed by atoms with van der Waals surface area (Å²) in [5, 5.41) is 29.1. The summed E-state index contributed by atoms with van der Waals surface area (Å²) in [4.78, 5) is 136. The van der Waals surface area contributed by atoms with Gasteiger partial charge in [0.25, 0.3) is 0 Å². The Morgan fingerprint density at radius 2 is 1.56 bits per heavy atom. The average molecular weight is 1220 g/mol. The molecule has 1 saturated heterocycles. The van der Waals surface area contributed by atoms with Gasteiger partial charge in [0.05, 0.1) is 29.1 Å². The van der Waals surface area contributed by atoms with Crippen LogP contribution in [0.15, 0.2) is 79.0 Å². The number of hydrogen-bond acceptors (Lipinski definition) is 15. The molecular formula is C60H79F2N11O12S. The quantitative estimate of drug-likeness (QED) is 0.0236. The van der Waals surface area contributed by atoms with E-state index in [1.54, 1.807) is 48.9 Å². The van der Waals surface area contributed by atoms with Crippen molar-refractivity contribution in [3.05, 3.63) is 108 Å². The highest BCUT2D eigenvalue weighted by molar-refractivity contribution is 8.00. The summed E-state index contributed by atoms with van der Waals surface area (Å²) in [5.41, 5.74) is 18.2. The summed E-state index contributed by atoms with van der Waals surface area (Å²) in [5.74, 6) is -7.65. The second-order valence-electron chi connectivity index (χ2n) is 22.6. The van der Waals surface area contributed by atoms with E-state index in [-0.39, 0.29) is 113 Å². The van der Waals surface area contributed by atoms with Gasteiger partial charge in [-0.05, 0) is 78.5 Å². The number of carbonyl (C=O) groups excluding carboxylic acids is 9. The molecule has 23 nitrogen and oxygen atoms in total. The number of amides is 8. The van der Waals surface area contributed by atoms with E-state index in [0.29, 0.717) is 17.1 Å². The molecule has 4 aromatic rings. The number of aliphatic carboxylic acids is 1. The molecule has 3 aromatic carbocycles. The SMILES string of the molecule is CC(C)[C@H](NC(=O)CCNC(=O)[C@@H](N)CCN(C(=O)CO)[C@@H](c1nc(-c2cc(F)ccc2F)cn1Cc1ccccc1)C(C)(C)C)C(=O)C[C@@H](CCCNC(N)=O)C(=O)Nc1ccc(CC(=O)CCCN2C(=O)CC(SC[C@H](N)C(=O)O)C2=O)cc1. The number of likely N-dealkylation sites (tertiary alicyclic amines) is 1. The van der Waals surface area contributed by atoms with Crippen LogP contribution in [-0.4, -0.2) is 150 Å². The van der Waals surface area contributed by atoms with Gasteiger partial charge in [-0.2, -0.15) is 0 Å². The highest BCUT2D eigenvalue weighted by atomic mass is 32.2. The van der Waals surface area contributed by atoms with Gasteiger partial charge in [0.15, 0.2) is 5.78 Å². The fourth-order valence-corrected chi connectivity index (χ4v) is 10.9. The van der Waals surface area contributed by atoms with Gasteiger partial charge in [-0.3, -0.25) is 48.1 Å². The number of halogens is 2. The molecule has 1 aromatic heterocycles. The Balaban J connectivity index is 1.15. The minimum atomic E-state index is -1.21. The van der Waals surface area contributed by atoms with Gasteiger partial charge < -0.3 is 58.1 Å². The molecule has 5 rings (SSSR count). The van der Waals surface area contributed by atoms with Crippen molar-refractivity contribution in [2.45, 2.75) is 128 Å². The number of rotatable bonds is 34. The maximum atomic E-state index is 15.2. The zero-order chi connectivity index (χ0) is 63.4. The van der Waals surface area contributed by atoms with Crippen LogP contribution in [0.4, 0.5) is 19.3 Å². The second kappa shape index (κ2) is 32.5. The van der Waals surface area contributed by atoms with E-state index >= 15 is 4.39 Å². The summed E-state index contributed by atoms with van der Waals surface area (Å²) in [7, 11) is 0. The smallest absolute Gasteiger partial charge is 0.321 e. The highest BCUT2D eigenvalue weighted by Gasteiger charge is 2.40. The number of benzene rings is 3. The van der Waals surface area contributed by atoms with Gasteiger partial charge in [0, 0.05) is 93.9 Å². The van der Waals surface area contributed by atoms with Crippen molar-refractivity contribution in [1.82, 2.24) is 35.3 Å². The molecule has 2 heterocycles. The molecule has 0 aliphatic carbocycles. The number of nitrogens with zero attached hydrogens (tertiary/aromatic N) is 4. The fraction of sp³-hybridized carbons (Fsp3) is 0.483. The first kappa shape index (κ1) is 68.8. The van der Waals surface area contributed by atoms with Crippen LogP contribution in [0.1, 0.15) is 109 Å². The molecule has 466 valence electrons. The molecule has 1 aliphatic heterocycles. The first-order valence-electron chi connectivity index (χ1n) is 28.4. The van der Waals surface area contributed by atoms with Crippen molar-refractivity contribution in [3.8, 4) is 11.3 Å². The second-order valence-corrected chi connectivity index (χ2v) is 23.9. The monoisotopic (exact) mass is 1220 g/mol. The lowest BCUT2D eigenvalue weighted by Crippen LogP contribution is -2.48. The Morgan fingerprint density at radius 1 is 0.860 bits per heavy atom. The number of ketones is 2. The normalized spacial score (nSPS) is 15.1. The summed E-state index contributed by atoms with van der Waals surface area (Å²) in [6.07, 6.45) is 1.55. The van der Waals surface area contributed by atoms with E-state index < -0.39 is 118 Å². The molecule has 0 radical (unpaired) electrons. The Labute approximate surface area is 502 Å². The van der Waals surface area contributed by atoms with Gasteiger partial charge in [-0.15, -0.1) is 11.8 Å². The summed E-state index contributed by atoms with van der Waals surface area (Å²) < 4.78 is 31.4. The van der Waals surface area contributed by atoms with Crippen LogP contribution in [0.25, 0.3) is 11.3 Å². The van der Waals surface area contributed by atoms with E-state index in [9.17, 15) is 57.4 Å². The maximum absolute atomic E-state index is 15.2. The van der Waals surface area contributed by atoms with Crippen molar-refractivity contribution in [1.29, 1.82) is 0 Å². The van der Waals surface area contributed by atoms with Crippen molar-refractivity contribution in [2.75, 3.05) is 43.9 Å². The number of thioether (sulfide) groups is 1. The average Bonchev–Trinajstić information content (AvgIpc) is 1.87. The number of nitrogens with two attached hydrogens (primary N) is 3. The minimum Gasteiger partial charge on any atom is -0.480 e. The molecule has 26 heteroatoms. The Morgan fingerprint density at radius 3 is 2.20 bits per heavy atom. The predicted molar refractivity (Wildman–Crippen MR) is 317 cm³/mol. The minimum absolute atomic E-state index is 0.0288. The van der Waals surface area contributed by atoms with Crippen molar-refractivity contribution >= 4 is 76.5 Å². The molecule has 1 aliphatic rings. The fourth-order valence-electron chi connectivity index (χ4n) is 9.83. The van der Waals surface area contributed by atoms with Gasteiger partial charge in [-0.25, -0.2) is 18.6 Å². The zero-order valence-corrected chi connectivity index (χ0v) is 49.8. The van der Waals surface area contributed by atoms with Crippen LogP contribution in [0.5, 0.6) is 0 Å². The van der Waals surface area contributed by atoms with Crippen molar-refractivity contribution in [2.24, 2.45) is 34.5 Å². The number of aliphatic hydroxyl groups excluding tert-OH is 1. The lowest BCUT2D eigenvalue weighted by Gasteiger charge is -2.40. The third kappa shape index (κ3) is 20.6. The Bertz CT molecular complexity index is 3050. The lowest BCUT2D eigenvalue weighted by molar-refractivity contribution is -0.140. The third-order valence-corrected chi connectivity index (χ3v) is 15.7. The van der Waals surface area contributed by atoms with Gasteiger partial charge in [0.2, 0.25) is 35.4 Å². The molecule has 12 N–H and O–H groups in total. The largest absolute Gasteiger partial charge is 0.480 e. The number of primary amides is 1. The van der Waals surface area contributed by atoms with Gasteiger partial charge >= 0.3 is 12.0 Å². The van der Waals surface area contributed by atoms with E-state index in [1.807, 2.05) is 51.1 Å². The molecule has 86 heavy (non-hydrogen) atoms. The number of carbonyl (C=O) groups is 10. The van der Waals surface area contributed by atoms with Crippen LogP contribution in [0.2, 0.25) is 0 Å². The van der Waals surface area contributed by atoms with Crippen LogP contribution in [0, 0.1) is 28.9 Å². The maximum Gasteiger partial charge on any atom is 0.321 e. The molecule has 6 atom stereocenters. The number of anilines is 1. The number of carboxylic acids is 1. The van der Waals surface area contributed by atoms with Crippen LogP contribution < -0.4 is 38.5 Å². The number of imide groups is 1.